The largest absolute Gasteiger partial charge is 0.494 e. The van der Waals surface area contributed by atoms with Crippen LogP contribution in [-0.2, 0) is 4.74 Å². The Morgan fingerprint density at radius 1 is 1.37 bits per heavy atom. The van der Waals surface area contributed by atoms with E-state index in [2.05, 4.69) is 6.92 Å². The molecule has 0 N–H and O–H groups in total. The number of carbonyl (C=O) groups excluding carboxylic acids is 2. The fraction of sp³-hybridized carbons (Fsp3) is 0.429. The minimum absolute atomic E-state index is 0.267. The first kappa shape index (κ1) is 13.4. The average molecular weight is 263 g/mol. The Balaban J connectivity index is 1.97. The molecule has 0 bridgehead atoms. The molecule has 1 aromatic rings. The second-order valence-electron chi connectivity index (χ2n) is 4.30. The van der Waals surface area contributed by atoms with Gasteiger partial charge >= 0.3 is 6.09 Å². The van der Waals surface area contributed by atoms with Crippen LogP contribution in [0.4, 0.5) is 4.79 Å². The number of hydrogen-bond acceptors (Lipinski definition) is 4. The van der Waals surface area contributed by atoms with Crippen LogP contribution < -0.4 is 4.74 Å². The van der Waals surface area contributed by atoms with E-state index in [0.717, 1.165) is 23.5 Å². The van der Waals surface area contributed by atoms with E-state index in [1.54, 1.807) is 24.3 Å². The molecule has 0 spiro atoms. The Kier molecular flexibility index (Phi) is 4.39. The SMILES string of the molecule is CCCCOc1ccc(C(=O)N2CCOC2=O)cc1. The van der Waals surface area contributed by atoms with Gasteiger partial charge in [0.2, 0.25) is 0 Å². The molecular weight excluding hydrogens is 246 g/mol. The lowest BCUT2D eigenvalue weighted by Crippen LogP contribution is -2.31. The van der Waals surface area contributed by atoms with E-state index < -0.39 is 6.09 Å². The maximum Gasteiger partial charge on any atom is 0.416 e. The Bertz CT molecular complexity index is 455. The monoisotopic (exact) mass is 263 g/mol. The van der Waals surface area contributed by atoms with E-state index in [1.165, 1.54) is 0 Å². The molecule has 0 aliphatic carbocycles. The van der Waals surface area contributed by atoms with E-state index in [-0.39, 0.29) is 12.5 Å². The molecule has 0 aromatic heterocycles. The van der Waals surface area contributed by atoms with Crippen LogP contribution in [0.15, 0.2) is 24.3 Å². The first-order valence-electron chi connectivity index (χ1n) is 6.44. The summed E-state index contributed by atoms with van der Waals surface area (Å²) < 4.78 is 10.2. The van der Waals surface area contributed by atoms with Crippen LogP contribution >= 0.6 is 0 Å². The third kappa shape index (κ3) is 3.24. The topological polar surface area (TPSA) is 55.8 Å². The van der Waals surface area contributed by atoms with Gasteiger partial charge in [0.1, 0.15) is 12.4 Å². The molecule has 2 rings (SSSR count). The van der Waals surface area contributed by atoms with Gasteiger partial charge in [0.25, 0.3) is 5.91 Å². The molecule has 1 heterocycles. The van der Waals surface area contributed by atoms with Crippen LogP contribution in [0.2, 0.25) is 0 Å². The zero-order chi connectivity index (χ0) is 13.7. The van der Waals surface area contributed by atoms with Gasteiger partial charge in [-0.2, -0.15) is 0 Å². The summed E-state index contributed by atoms with van der Waals surface area (Å²) in [5, 5.41) is 0. The van der Waals surface area contributed by atoms with Crippen molar-refractivity contribution in [3.8, 4) is 5.75 Å². The molecule has 1 fully saturated rings. The van der Waals surface area contributed by atoms with Crippen LogP contribution in [0.5, 0.6) is 5.75 Å². The van der Waals surface area contributed by atoms with Crippen molar-refractivity contribution >= 4 is 12.0 Å². The zero-order valence-corrected chi connectivity index (χ0v) is 10.9. The van der Waals surface area contributed by atoms with Crippen LogP contribution in [-0.4, -0.2) is 36.7 Å². The van der Waals surface area contributed by atoms with E-state index in [4.69, 9.17) is 9.47 Å². The summed E-state index contributed by atoms with van der Waals surface area (Å²) in [5.41, 5.74) is 0.460. The van der Waals surface area contributed by atoms with Crippen molar-refractivity contribution in [2.45, 2.75) is 19.8 Å². The highest BCUT2D eigenvalue weighted by Crippen LogP contribution is 2.16. The minimum Gasteiger partial charge on any atom is -0.494 e. The highest BCUT2D eigenvalue weighted by molar-refractivity contribution is 6.03. The van der Waals surface area contributed by atoms with Crippen LogP contribution in [0.25, 0.3) is 0 Å². The van der Waals surface area contributed by atoms with Gasteiger partial charge in [0.05, 0.1) is 13.2 Å². The maximum absolute atomic E-state index is 12.0. The summed E-state index contributed by atoms with van der Waals surface area (Å²) in [4.78, 5) is 24.4. The van der Waals surface area contributed by atoms with Crippen molar-refractivity contribution in [3.63, 3.8) is 0 Å². The normalized spacial score (nSPS) is 14.4. The number of cyclic esters (lactones) is 1. The second-order valence-corrected chi connectivity index (χ2v) is 4.30. The van der Waals surface area contributed by atoms with Crippen molar-refractivity contribution < 1.29 is 19.1 Å². The number of unbranched alkanes of at least 4 members (excludes halogenated alkanes) is 1. The molecule has 5 heteroatoms. The summed E-state index contributed by atoms with van der Waals surface area (Å²) in [6.45, 7) is 3.34. The Morgan fingerprint density at radius 2 is 2.11 bits per heavy atom. The first-order chi connectivity index (χ1) is 9.22. The number of amides is 2. The predicted molar refractivity (Wildman–Crippen MR) is 69.2 cm³/mol. The van der Waals surface area contributed by atoms with Crippen LogP contribution in [0.1, 0.15) is 30.1 Å². The van der Waals surface area contributed by atoms with E-state index in [9.17, 15) is 9.59 Å². The van der Waals surface area contributed by atoms with Crippen LogP contribution in [0.3, 0.4) is 0 Å². The molecule has 0 saturated carbocycles. The lowest BCUT2D eigenvalue weighted by molar-refractivity contribution is 0.0810. The third-order valence-corrected chi connectivity index (χ3v) is 2.87. The second kappa shape index (κ2) is 6.22. The fourth-order valence-electron chi connectivity index (χ4n) is 1.76. The van der Waals surface area contributed by atoms with Gasteiger partial charge in [-0.25, -0.2) is 9.69 Å². The van der Waals surface area contributed by atoms with Crippen molar-refractivity contribution in [3.05, 3.63) is 29.8 Å². The summed E-state index contributed by atoms with van der Waals surface area (Å²) in [5.74, 6) is 0.400. The summed E-state index contributed by atoms with van der Waals surface area (Å²) in [7, 11) is 0. The lowest BCUT2D eigenvalue weighted by atomic mass is 10.2. The number of carbonyl (C=O) groups is 2. The molecule has 1 saturated heterocycles. The lowest BCUT2D eigenvalue weighted by Gasteiger charge is -2.11. The molecule has 0 unspecified atom stereocenters. The van der Waals surface area contributed by atoms with Crippen molar-refractivity contribution in [2.75, 3.05) is 19.8 Å². The number of nitrogens with zero attached hydrogens (tertiary/aromatic N) is 1. The van der Waals surface area contributed by atoms with E-state index >= 15 is 0 Å². The standard InChI is InChI=1S/C14H17NO4/c1-2-3-9-18-12-6-4-11(5-7-12)13(16)15-8-10-19-14(15)17/h4-7H,2-3,8-10H2,1H3. The Morgan fingerprint density at radius 3 is 2.68 bits per heavy atom. The van der Waals surface area contributed by atoms with Crippen molar-refractivity contribution in [1.82, 2.24) is 4.90 Å². The maximum atomic E-state index is 12.0. The number of hydrogen-bond donors (Lipinski definition) is 0. The molecule has 1 aromatic carbocycles. The Labute approximate surface area is 112 Å². The average Bonchev–Trinajstić information content (AvgIpc) is 2.85. The number of benzene rings is 1. The summed E-state index contributed by atoms with van der Waals surface area (Å²) >= 11 is 0. The molecule has 2 amide bonds. The van der Waals surface area contributed by atoms with Crippen LogP contribution in [0, 0.1) is 0 Å². The van der Waals surface area contributed by atoms with Gasteiger partial charge in [-0.05, 0) is 30.7 Å². The Hall–Kier alpha value is -2.04. The summed E-state index contributed by atoms with van der Waals surface area (Å²) in [6, 6.07) is 6.80. The van der Waals surface area contributed by atoms with Crippen molar-refractivity contribution in [1.29, 1.82) is 0 Å². The van der Waals surface area contributed by atoms with Gasteiger partial charge in [0.15, 0.2) is 0 Å². The highest BCUT2D eigenvalue weighted by atomic mass is 16.6. The minimum atomic E-state index is -0.576. The zero-order valence-electron chi connectivity index (χ0n) is 10.9. The van der Waals surface area contributed by atoms with Gasteiger partial charge in [-0.3, -0.25) is 4.79 Å². The van der Waals surface area contributed by atoms with Crippen molar-refractivity contribution in [2.24, 2.45) is 0 Å². The van der Waals surface area contributed by atoms with Gasteiger partial charge < -0.3 is 9.47 Å². The molecule has 5 nitrogen and oxygen atoms in total. The number of ether oxygens (including phenoxy) is 2. The summed E-state index contributed by atoms with van der Waals surface area (Å²) in [6.07, 6.45) is 1.50. The van der Waals surface area contributed by atoms with Gasteiger partial charge in [0, 0.05) is 5.56 Å². The smallest absolute Gasteiger partial charge is 0.416 e. The molecule has 102 valence electrons. The van der Waals surface area contributed by atoms with E-state index in [0.29, 0.717) is 18.7 Å². The molecule has 0 radical (unpaired) electrons. The van der Waals surface area contributed by atoms with E-state index in [1.807, 2.05) is 0 Å². The molecule has 19 heavy (non-hydrogen) atoms. The quantitative estimate of drug-likeness (QED) is 0.766. The molecule has 1 aliphatic heterocycles. The molecular formula is C14H17NO4. The fourth-order valence-corrected chi connectivity index (χ4v) is 1.76. The number of imide groups is 1. The third-order valence-electron chi connectivity index (χ3n) is 2.87. The highest BCUT2D eigenvalue weighted by Gasteiger charge is 2.29. The molecule has 1 aliphatic rings. The van der Waals surface area contributed by atoms with Gasteiger partial charge in [-0.15, -0.1) is 0 Å². The number of rotatable bonds is 5. The molecule has 0 atom stereocenters. The predicted octanol–water partition coefficient (Wildman–Crippen LogP) is 2.46. The van der Waals surface area contributed by atoms with Gasteiger partial charge in [-0.1, -0.05) is 13.3 Å². The first-order valence-corrected chi connectivity index (χ1v) is 6.44.